The van der Waals surface area contributed by atoms with E-state index in [-0.39, 0.29) is 5.91 Å². The summed E-state index contributed by atoms with van der Waals surface area (Å²) in [5.41, 5.74) is 4.88. The molecule has 0 radical (unpaired) electrons. The highest BCUT2D eigenvalue weighted by Gasteiger charge is 2.20. The van der Waals surface area contributed by atoms with E-state index in [0.29, 0.717) is 35.1 Å². The van der Waals surface area contributed by atoms with Crippen molar-refractivity contribution in [1.82, 2.24) is 9.88 Å². The van der Waals surface area contributed by atoms with Gasteiger partial charge in [-0.3, -0.25) is 4.79 Å². The van der Waals surface area contributed by atoms with Gasteiger partial charge in [0, 0.05) is 44.3 Å². The number of carbonyl (C=O) groups excluding carboxylic acids is 1. The minimum Gasteiger partial charge on any atom is -0.493 e. The van der Waals surface area contributed by atoms with Crippen molar-refractivity contribution in [2.45, 2.75) is 6.54 Å². The number of amides is 1. The summed E-state index contributed by atoms with van der Waals surface area (Å²) in [6.45, 7) is 0.489. The lowest BCUT2D eigenvalue weighted by Gasteiger charge is -2.20. The van der Waals surface area contributed by atoms with Gasteiger partial charge in [-0.15, -0.1) is 0 Å². The van der Waals surface area contributed by atoms with Gasteiger partial charge in [0.25, 0.3) is 5.91 Å². The molecular formula is C29H31N3O4. The Kier molecular flexibility index (Phi) is 7.29. The number of aromatic nitrogens is 1. The number of hydrogen-bond acceptors (Lipinski definition) is 6. The number of nitrogens with zero attached hydrogens (tertiary/aromatic N) is 3. The number of pyridine rings is 1. The number of methoxy groups -OCH3 is 3. The third-order valence-electron chi connectivity index (χ3n) is 6.13. The first kappa shape index (κ1) is 24.9. The van der Waals surface area contributed by atoms with Crippen molar-refractivity contribution < 1.29 is 19.0 Å². The molecule has 0 bridgehead atoms. The van der Waals surface area contributed by atoms with Crippen LogP contribution in [-0.2, 0) is 6.54 Å². The van der Waals surface area contributed by atoms with E-state index in [9.17, 15) is 4.79 Å². The zero-order valence-corrected chi connectivity index (χ0v) is 21.5. The highest BCUT2D eigenvalue weighted by molar-refractivity contribution is 6.07. The highest BCUT2D eigenvalue weighted by atomic mass is 16.5. The first-order chi connectivity index (χ1) is 17.4. The number of fused-ring (bicyclic) bond motifs is 1. The van der Waals surface area contributed by atoms with E-state index in [1.165, 1.54) is 0 Å². The summed E-state index contributed by atoms with van der Waals surface area (Å²) < 4.78 is 16.5. The molecule has 0 unspecified atom stereocenters. The Balaban J connectivity index is 1.75. The Morgan fingerprint density at radius 2 is 1.47 bits per heavy atom. The van der Waals surface area contributed by atoms with Gasteiger partial charge in [0.15, 0.2) is 11.5 Å². The average molecular weight is 486 g/mol. The Morgan fingerprint density at radius 3 is 2.06 bits per heavy atom. The van der Waals surface area contributed by atoms with Crippen molar-refractivity contribution in [2.75, 3.05) is 47.4 Å². The van der Waals surface area contributed by atoms with Crippen molar-refractivity contribution in [3.05, 3.63) is 77.9 Å². The molecule has 0 spiro atoms. The van der Waals surface area contributed by atoms with Crippen LogP contribution >= 0.6 is 0 Å². The largest absolute Gasteiger partial charge is 0.493 e. The summed E-state index contributed by atoms with van der Waals surface area (Å²) in [6.07, 6.45) is 0. The molecular weight excluding hydrogens is 454 g/mol. The summed E-state index contributed by atoms with van der Waals surface area (Å²) in [5.74, 6) is 1.46. The van der Waals surface area contributed by atoms with E-state index in [2.05, 4.69) is 12.1 Å². The van der Waals surface area contributed by atoms with Gasteiger partial charge in [0.2, 0.25) is 5.75 Å². The van der Waals surface area contributed by atoms with Gasteiger partial charge >= 0.3 is 0 Å². The minimum absolute atomic E-state index is 0.0843. The summed E-state index contributed by atoms with van der Waals surface area (Å²) in [7, 11) is 10.5. The highest BCUT2D eigenvalue weighted by Crippen LogP contribution is 2.41. The summed E-state index contributed by atoms with van der Waals surface area (Å²) >= 11 is 0. The fourth-order valence-electron chi connectivity index (χ4n) is 4.18. The number of hydrogen-bond donors (Lipinski definition) is 0. The van der Waals surface area contributed by atoms with Gasteiger partial charge in [-0.2, -0.15) is 0 Å². The summed E-state index contributed by atoms with van der Waals surface area (Å²) in [4.78, 5) is 22.3. The predicted molar refractivity (Wildman–Crippen MR) is 143 cm³/mol. The smallest absolute Gasteiger partial charge is 0.254 e. The van der Waals surface area contributed by atoms with E-state index < -0.39 is 0 Å². The van der Waals surface area contributed by atoms with Crippen LogP contribution in [-0.4, -0.2) is 58.3 Å². The summed E-state index contributed by atoms with van der Waals surface area (Å²) in [6, 6.07) is 21.4. The number of para-hydroxylation sites is 1. The second-order valence-electron chi connectivity index (χ2n) is 8.71. The minimum atomic E-state index is -0.0843. The Hall–Kier alpha value is -4.26. The van der Waals surface area contributed by atoms with Gasteiger partial charge < -0.3 is 24.0 Å². The molecule has 0 aliphatic rings. The zero-order valence-electron chi connectivity index (χ0n) is 21.5. The lowest BCUT2D eigenvalue weighted by molar-refractivity contribution is 0.0787. The molecule has 0 fully saturated rings. The topological polar surface area (TPSA) is 64.1 Å². The lowest BCUT2D eigenvalue weighted by Crippen LogP contribution is -2.26. The van der Waals surface area contributed by atoms with E-state index in [1.54, 1.807) is 26.2 Å². The molecule has 3 aromatic carbocycles. The molecule has 36 heavy (non-hydrogen) atoms. The number of carbonyl (C=O) groups is 1. The molecule has 0 saturated heterocycles. The van der Waals surface area contributed by atoms with Crippen LogP contribution in [0.15, 0.2) is 66.7 Å². The van der Waals surface area contributed by atoms with Crippen molar-refractivity contribution in [1.29, 1.82) is 0 Å². The van der Waals surface area contributed by atoms with Crippen LogP contribution in [0.2, 0.25) is 0 Å². The monoisotopic (exact) mass is 485 g/mol. The van der Waals surface area contributed by atoms with Crippen LogP contribution in [0.1, 0.15) is 15.9 Å². The maximum absolute atomic E-state index is 13.7. The fourth-order valence-corrected chi connectivity index (χ4v) is 4.18. The number of ether oxygens (including phenoxy) is 3. The molecule has 0 saturated carbocycles. The third-order valence-corrected chi connectivity index (χ3v) is 6.13. The van der Waals surface area contributed by atoms with Gasteiger partial charge in [0.1, 0.15) is 0 Å². The number of benzene rings is 3. The van der Waals surface area contributed by atoms with Crippen LogP contribution in [0.4, 0.5) is 5.69 Å². The molecule has 186 valence electrons. The SMILES string of the molecule is COc1cc(-c2cc(C(=O)N(C)Cc3ccc(N(C)C)cc3)c3ccccc3n2)cc(OC)c1OC. The van der Waals surface area contributed by atoms with Crippen LogP contribution in [0.5, 0.6) is 17.2 Å². The van der Waals surface area contributed by atoms with Crippen molar-refractivity contribution in [3.63, 3.8) is 0 Å². The number of anilines is 1. The van der Waals surface area contributed by atoms with Gasteiger partial charge in [-0.1, -0.05) is 30.3 Å². The Bertz CT molecular complexity index is 1360. The fraction of sp³-hybridized carbons (Fsp3) is 0.241. The molecule has 0 aliphatic heterocycles. The maximum atomic E-state index is 13.7. The second-order valence-corrected chi connectivity index (χ2v) is 8.71. The molecule has 4 aromatic rings. The van der Waals surface area contributed by atoms with Crippen molar-refractivity contribution in [3.8, 4) is 28.5 Å². The van der Waals surface area contributed by atoms with Crippen LogP contribution in [0.3, 0.4) is 0 Å². The molecule has 1 amide bonds. The molecule has 0 aliphatic carbocycles. The Labute approximate surface area is 211 Å². The van der Waals surface area contributed by atoms with Gasteiger partial charge in [-0.05, 0) is 42.0 Å². The maximum Gasteiger partial charge on any atom is 0.254 e. The zero-order chi connectivity index (χ0) is 25.8. The third kappa shape index (κ3) is 4.91. The molecule has 4 rings (SSSR count). The van der Waals surface area contributed by atoms with Crippen LogP contribution < -0.4 is 19.1 Å². The summed E-state index contributed by atoms with van der Waals surface area (Å²) in [5, 5.41) is 0.800. The van der Waals surface area contributed by atoms with Crippen LogP contribution in [0.25, 0.3) is 22.2 Å². The van der Waals surface area contributed by atoms with Crippen molar-refractivity contribution >= 4 is 22.5 Å². The number of rotatable bonds is 8. The molecule has 7 heteroatoms. The quantitative estimate of drug-likeness (QED) is 0.339. The van der Waals surface area contributed by atoms with E-state index in [4.69, 9.17) is 19.2 Å². The van der Waals surface area contributed by atoms with Crippen molar-refractivity contribution in [2.24, 2.45) is 0 Å². The standard InChI is InChI=1S/C29H31N3O4/c1-31(2)21-13-11-19(12-14-21)18-32(3)29(33)23-17-25(30-24-10-8-7-9-22(23)24)20-15-26(34-4)28(36-6)27(16-20)35-5/h7-17H,18H2,1-6H3. The average Bonchev–Trinajstić information content (AvgIpc) is 2.91. The normalized spacial score (nSPS) is 10.7. The molecule has 1 aromatic heterocycles. The van der Waals surface area contributed by atoms with Gasteiger partial charge in [-0.25, -0.2) is 4.98 Å². The molecule has 7 nitrogen and oxygen atoms in total. The molecule has 1 heterocycles. The Morgan fingerprint density at radius 1 is 0.833 bits per heavy atom. The predicted octanol–water partition coefficient (Wildman–Crippen LogP) is 5.27. The van der Waals surface area contributed by atoms with E-state index in [1.807, 2.05) is 80.6 Å². The molecule has 0 atom stereocenters. The lowest BCUT2D eigenvalue weighted by atomic mass is 10.0. The van der Waals surface area contributed by atoms with E-state index in [0.717, 1.165) is 27.7 Å². The second kappa shape index (κ2) is 10.6. The first-order valence-corrected chi connectivity index (χ1v) is 11.6. The van der Waals surface area contributed by atoms with Gasteiger partial charge in [0.05, 0.1) is 38.1 Å². The van der Waals surface area contributed by atoms with E-state index >= 15 is 0 Å². The van der Waals surface area contributed by atoms with Crippen LogP contribution in [0, 0.1) is 0 Å². The molecule has 0 N–H and O–H groups in total. The first-order valence-electron chi connectivity index (χ1n) is 11.6.